The van der Waals surface area contributed by atoms with Crippen LogP contribution in [0.2, 0.25) is 0 Å². The fourth-order valence-electron chi connectivity index (χ4n) is 2.02. The van der Waals surface area contributed by atoms with Crippen molar-refractivity contribution in [3.8, 4) is 6.07 Å². The molecule has 3 rings (SSSR count). The van der Waals surface area contributed by atoms with E-state index in [0.717, 1.165) is 0 Å². The molecule has 9 nitrogen and oxygen atoms in total. The second-order valence-corrected chi connectivity index (χ2v) is 5.33. The van der Waals surface area contributed by atoms with Gasteiger partial charge in [0, 0.05) is 24.6 Å². The van der Waals surface area contributed by atoms with Gasteiger partial charge in [-0.05, 0) is 6.92 Å². The van der Waals surface area contributed by atoms with E-state index in [2.05, 4.69) is 20.3 Å². The Morgan fingerprint density at radius 1 is 1.45 bits per heavy atom. The average Bonchev–Trinajstić information content (AvgIpc) is 3.08. The molecule has 2 N–H and O–H groups in total. The van der Waals surface area contributed by atoms with Gasteiger partial charge < -0.3 is 0 Å². The van der Waals surface area contributed by atoms with Crippen molar-refractivity contribution < 1.29 is 0 Å². The number of nitrogens with one attached hydrogen (secondary N) is 2. The number of nitrogens with zero attached hydrogens (tertiary/aromatic N) is 5. The molecule has 0 aliphatic heterocycles. The van der Waals surface area contributed by atoms with Crippen LogP contribution in [-0.2, 0) is 12.3 Å². The fraction of sp³-hybridized carbons (Fsp3) is 0.250. The zero-order chi connectivity index (χ0) is 15.7. The molecule has 3 aromatic heterocycles. The second kappa shape index (κ2) is 5.53. The summed E-state index contributed by atoms with van der Waals surface area (Å²) in [6.07, 6.45) is 1.43. The summed E-state index contributed by atoms with van der Waals surface area (Å²) in [6.45, 7) is 2.35. The summed E-state index contributed by atoms with van der Waals surface area (Å²) in [7, 11) is 0. The van der Waals surface area contributed by atoms with Crippen molar-refractivity contribution in [3.63, 3.8) is 0 Å². The summed E-state index contributed by atoms with van der Waals surface area (Å²) in [5.41, 5.74) is 0.543. The number of nitriles is 1. The number of aromatic nitrogens is 6. The first kappa shape index (κ1) is 14.2. The average molecular weight is 317 g/mol. The molecule has 0 aromatic carbocycles. The van der Waals surface area contributed by atoms with Crippen molar-refractivity contribution in [3.05, 3.63) is 44.4 Å². The summed E-state index contributed by atoms with van der Waals surface area (Å²) in [5, 5.41) is 18.5. The van der Waals surface area contributed by atoms with Crippen molar-refractivity contribution in [2.75, 3.05) is 0 Å². The number of rotatable bonds is 4. The zero-order valence-corrected chi connectivity index (χ0v) is 12.3. The van der Waals surface area contributed by atoms with E-state index in [9.17, 15) is 9.59 Å². The van der Waals surface area contributed by atoms with Crippen LogP contribution < -0.4 is 11.2 Å². The van der Waals surface area contributed by atoms with Crippen LogP contribution in [0.1, 0.15) is 18.2 Å². The first-order valence-electron chi connectivity index (χ1n) is 6.42. The van der Waals surface area contributed by atoms with Gasteiger partial charge in [0.2, 0.25) is 0 Å². The van der Waals surface area contributed by atoms with Crippen LogP contribution in [0.25, 0.3) is 5.65 Å². The van der Waals surface area contributed by atoms with E-state index < -0.39 is 0 Å². The third kappa shape index (κ3) is 2.31. The number of hydrogen-bond acceptors (Lipinski definition) is 6. The molecule has 3 aromatic rings. The second-order valence-electron chi connectivity index (χ2n) is 4.39. The Morgan fingerprint density at radius 2 is 2.27 bits per heavy atom. The van der Waals surface area contributed by atoms with Gasteiger partial charge in [-0.2, -0.15) is 5.26 Å². The lowest BCUT2D eigenvalue weighted by atomic mass is 10.3. The van der Waals surface area contributed by atoms with Crippen LogP contribution in [-0.4, -0.2) is 29.4 Å². The van der Waals surface area contributed by atoms with Crippen molar-refractivity contribution >= 4 is 17.4 Å². The minimum Gasteiger partial charge on any atom is -0.295 e. The predicted molar refractivity (Wildman–Crippen MR) is 78.6 cm³/mol. The maximum Gasteiger partial charge on any atom is 0.343 e. The van der Waals surface area contributed by atoms with E-state index in [4.69, 9.17) is 5.26 Å². The highest BCUT2D eigenvalue weighted by Crippen LogP contribution is 2.18. The van der Waals surface area contributed by atoms with E-state index in [1.54, 1.807) is 0 Å². The van der Waals surface area contributed by atoms with Crippen LogP contribution in [0, 0.1) is 11.3 Å². The Hall–Kier alpha value is -2.80. The molecular formula is C12H11N7O2S. The smallest absolute Gasteiger partial charge is 0.295 e. The molecule has 0 aliphatic carbocycles. The van der Waals surface area contributed by atoms with Crippen LogP contribution >= 0.6 is 11.8 Å². The molecule has 0 bridgehead atoms. The topological polar surface area (TPSA) is 125 Å². The van der Waals surface area contributed by atoms with Gasteiger partial charge in [0.05, 0.1) is 5.69 Å². The van der Waals surface area contributed by atoms with Gasteiger partial charge in [0.1, 0.15) is 11.6 Å². The van der Waals surface area contributed by atoms with E-state index in [0.29, 0.717) is 34.4 Å². The maximum absolute atomic E-state index is 12.0. The summed E-state index contributed by atoms with van der Waals surface area (Å²) < 4.78 is 2.70. The SMILES string of the molecule is CCn1c(SCc2cc(=O)n3[nH]cc(C#N)c3n2)n[nH]c1=O. The van der Waals surface area contributed by atoms with E-state index in [1.165, 1.54) is 33.1 Å². The third-order valence-corrected chi connectivity index (χ3v) is 4.07. The molecule has 0 fully saturated rings. The van der Waals surface area contributed by atoms with E-state index in [1.807, 2.05) is 13.0 Å². The van der Waals surface area contributed by atoms with E-state index >= 15 is 0 Å². The molecule has 22 heavy (non-hydrogen) atoms. The molecule has 0 saturated heterocycles. The summed E-state index contributed by atoms with van der Waals surface area (Å²) in [4.78, 5) is 27.8. The van der Waals surface area contributed by atoms with Gasteiger partial charge in [0.25, 0.3) is 5.56 Å². The minimum atomic E-state index is -0.294. The molecule has 0 amide bonds. The van der Waals surface area contributed by atoms with Crippen molar-refractivity contribution in [1.29, 1.82) is 5.26 Å². The van der Waals surface area contributed by atoms with Gasteiger partial charge in [-0.1, -0.05) is 11.8 Å². The van der Waals surface area contributed by atoms with Gasteiger partial charge in [-0.15, -0.1) is 5.10 Å². The Morgan fingerprint density at radius 3 is 3.00 bits per heavy atom. The fourth-order valence-corrected chi connectivity index (χ4v) is 2.92. The van der Waals surface area contributed by atoms with Gasteiger partial charge >= 0.3 is 5.69 Å². The van der Waals surface area contributed by atoms with Crippen molar-refractivity contribution in [2.24, 2.45) is 0 Å². The molecule has 0 saturated carbocycles. The molecule has 0 unspecified atom stereocenters. The Bertz CT molecular complexity index is 987. The predicted octanol–water partition coefficient (Wildman–Crippen LogP) is 0.0913. The molecule has 0 atom stereocenters. The minimum absolute atomic E-state index is 0.272. The standard InChI is InChI=1S/C12H11N7O2S/c1-2-18-11(21)16-17-12(18)22-6-8-3-9(20)19-10(15-8)7(4-13)5-14-19/h3,5,14H,2,6H2,1H3,(H,16,21). The molecule has 0 radical (unpaired) electrons. The van der Waals surface area contributed by atoms with Crippen LogP contribution in [0.4, 0.5) is 0 Å². The monoisotopic (exact) mass is 317 g/mol. The normalized spacial score (nSPS) is 10.9. The first-order chi connectivity index (χ1) is 10.6. The molecular weight excluding hydrogens is 306 g/mol. The number of thioether (sulfide) groups is 1. The third-order valence-electron chi connectivity index (χ3n) is 3.06. The van der Waals surface area contributed by atoms with Crippen molar-refractivity contribution in [2.45, 2.75) is 24.4 Å². The Kier molecular flexibility index (Phi) is 3.56. The maximum atomic E-state index is 12.0. The molecule has 10 heteroatoms. The molecule has 0 aliphatic rings. The van der Waals surface area contributed by atoms with Crippen LogP contribution in [0.3, 0.4) is 0 Å². The molecule has 0 spiro atoms. The number of hydrogen-bond donors (Lipinski definition) is 2. The summed E-state index contributed by atoms with van der Waals surface area (Å²) in [6, 6.07) is 3.36. The largest absolute Gasteiger partial charge is 0.343 e. The van der Waals surface area contributed by atoms with E-state index in [-0.39, 0.29) is 11.2 Å². The highest BCUT2D eigenvalue weighted by Gasteiger charge is 2.11. The van der Waals surface area contributed by atoms with Crippen LogP contribution in [0.15, 0.2) is 27.0 Å². The highest BCUT2D eigenvalue weighted by molar-refractivity contribution is 7.98. The zero-order valence-electron chi connectivity index (χ0n) is 11.5. The number of aromatic amines is 2. The number of H-pyrrole nitrogens is 2. The van der Waals surface area contributed by atoms with Gasteiger partial charge in [-0.3, -0.25) is 14.5 Å². The quantitative estimate of drug-likeness (QED) is 0.657. The first-order valence-corrected chi connectivity index (χ1v) is 7.40. The summed E-state index contributed by atoms with van der Waals surface area (Å²) >= 11 is 1.30. The Balaban J connectivity index is 1.93. The Labute approximate surface area is 127 Å². The van der Waals surface area contributed by atoms with Crippen LogP contribution in [0.5, 0.6) is 0 Å². The lowest BCUT2D eigenvalue weighted by Gasteiger charge is -2.02. The molecule has 3 heterocycles. The molecule has 112 valence electrons. The van der Waals surface area contributed by atoms with Crippen molar-refractivity contribution in [1.82, 2.24) is 29.4 Å². The van der Waals surface area contributed by atoms with Gasteiger partial charge in [-0.25, -0.2) is 19.4 Å². The summed E-state index contributed by atoms with van der Waals surface area (Å²) in [5.74, 6) is 0.367. The lowest BCUT2D eigenvalue weighted by molar-refractivity contribution is 0.660. The number of fused-ring (bicyclic) bond motifs is 1. The highest BCUT2D eigenvalue weighted by atomic mass is 32.2. The van der Waals surface area contributed by atoms with Gasteiger partial charge in [0.15, 0.2) is 10.8 Å². The lowest BCUT2D eigenvalue weighted by Crippen LogP contribution is -2.16.